The summed E-state index contributed by atoms with van der Waals surface area (Å²) in [6.45, 7) is 2.77. The normalized spacial score (nSPS) is 17.7. The highest BCUT2D eigenvalue weighted by atomic mass is 19.1. The Labute approximate surface area is 177 Å². The van der Waals surface area contributed by atoms with Gasteiger partial charge >= 0.3 is 0 Å². The van der Waals surface area contributed by atoms with Gasteiger partial charge in [0.25, 0.3) is 0 Å². The van der Waals surface area contributed by atoms with Gasteiger partial charge in [-0.05, 0) is 46.9 Å². The number of amides is 1. The van der Waals surface area contributed by atoms with Crippen molar-refractivity contribution in [1.29, 1.82) is 0 Å². The van der Waals surface area contributed by atoms with Gasteiger partial charge < -0.3 is 4.90 Å². The van der Waals surface area contributed by atoms with Crippen LogP contribution in [0.25, 0.3) is 11.1 Å². The van der Waals surface area contributed by atoms with Crippen molar-refractivity contribution in [2.75, 3.05) is 26.7 Å². The fraction of sp³-hybridized carbons (Fsp3) is 0.280. The van der Waals surface area contributed by atoms with Crippen LogP contribution in [0.3, 0.4) is 0 Å². The predicted molar refractivity (Wildman–Crippen MR) is 116 cm³/mol. The molecule has 4 nitrogen and oxygen atoms in total. The highest BCUT2D eigenvalue weighted by molar-refractivity contribution is 5.79. The summed E-state index contributed by atoms with van der Waals surface area (Å²) in [5.41, 5.74) is 4.24. The minimum absolute atomic E-state index is 0.129. The molecule has 1 aromatic heterocycles. The molecule has 3 aromatic rings. The number of hydrogen-bond donors (Lipinski definition) is 0. The largest absolute Gasteiger partial charge is 0.344 e. The molecule has 30 heavy (non-hydrogen) atoms. The van der Waals surface area contributed by atoms with Crippen molar-refractivity contribution < 1.29 is 9.18 Å². The van der Waals surface area contributed by atoms with Gasteiger partial charge in [-0.2, -0.15) is 0 Å². The number of hydrogen-bond acceptors (Lipinski definition) is 3. The van der Waals surface area contributed by atoms with Crippen molar-refractivity contribution >= 4 is 5.91 Å². The lowest BCUT2D eigenvalue weighted by atomic mass is 9.95. The first kappa shape index (κ1) is 20.2. The number of likely N-dealkylation sites (N-methyl/N-ethyl adjacent to an activating group) is 1. The highest BCUT2D eigenvalue weighted by Gasteiger charge is 2.28. The zero-order chi connectivity index (χ0) is 20.9. The van der Waals surface area contributed by atoms with E-state index in [0.717, 1.165) is 28.8 Å². The molecule has 5 heteroatoms. The highest BCUT2D eigenvalue weighted by Crippen LogP contribution is 2.23. The van der Waals surface area contributed by atoms with Crippen LogP contribution in [0.2, 0.25) is 0 Å². The molecule has 1 atom stereocenters. The minimum Gasteiger partial charge on any atom is -0.344 e. The van der Waals surface area contributed by atoms with Crippen LogP contribution in [-0.2, 0) is 17.8 Å². The van der Waals surface area contributed by atoms with E-state index in [1.54, 1.807) is 18.3 Å². The maximum Gasteiger partial charge on any atom is 0.227 e. The summed E-state index contributed by atoms with van der Waals surface area (Å²) in [7, 11) is 1.87. The van der Waals surface area contributed by atoms with Crippen LogP contribution in [0.4, 0.5) is 4.39 Å². The van der Waals surface area contributed by atoms with Gasteiger partial charge in [-0.3, -0.25) is 14.7 Å². The molecule has 2 heterocycles. The maximum absolute atomic E-state index is 13.6. The molecule has 1 amide bonds. The predicted octanol–water partition coefficient (Wildman–Crippen LogP) is 4.02. The molecule has 1 fully saturated rings. The summed E-state index contributed by atoms with van der Waals surface area (Å²) in [5.74, 6) is -0.182. The zero-order valence-corrected chi connectivity index (χ0v) is 17.2. The molecule has 0 radical (unpaired) electrons. The van der Waals surface area contributed by atoms with Gasteiger partial charge in [0.05, 0.1) is 5.92 Å². The van der Waals surface area contributed by atoms with Crippen molar-refractivity contribution in [3.05, 3.63) is 90.0 Å². The molecule has 0 spiro atoms. The topological polar surface area (TPSA) is 36.4 Å². The van der Waals surface area contributed by atoms with E-state index in [9.17, 15) is 9.18 Å². The fourth-order valence-electron chi connectivity index (χ4n) is 4.08. The van der Waals surface area contributed by atoms with Crippen LogP contribution in [0.15, 0.2) is 73.1 Å². The molecule has 0 saturated carbocycles. The number of nitrogens with zero attached hydrogens (tertiary/aromatic N) is 3. The van der Waals surface area contributed by atoms with Gasteiger partial charge in [0.1, 0.15) is 5.82 Å². The maximum atomic E-state index is 13.6. The Balaban J connectivity index is 1.52. The summed E-state index contributed by atoms with van der Waals surface area (Å²) >= 11 is 0. The van der Waals surface area contributed by atoms with Crippen molar-refractivity contribution in [1.82, 2.24) is 14.8 Å². The Hall–Kier alpha value is -3.05. The van der Waals surface area contributed by atoms with Crippen LogP contribution in [-0.4, -0.2) is 47.4 Å². The van der Waals surface area contributed by atoms with Gasteiger partial charge in [-0.25, -0.2) is 4.39 Å². The van der Waals surface area contributed by atoms with Crippen molar-refractivity contribution in [3.63, 3.8) is 0 Å². The van der Waals surface area contributed by atoms with Crippen molar-refractivity contribution in [3.8, 4) is 11.1 Å². The Morgan fingerprint density at radius 3 is 2.60 bits per heavy atom. The molecule has 154 valence electrons. The van der Waals surface area contributed by atoms with E-state index in [4.69, 9.17) is 0 Å². The van der Waals surface area contributed by atoms with Gasteiger partial charge in [0.15, 0.2) is 0 Å². The summed E-state index contributed by atoms with van der Waals surface area (Å²) in [5, 5.41) is 0. The first-order valence-electron chi connectivity index (χ1n) is 10.3. The van der Waals surface area contributed by atoms with E-state index in [1.165, 1.54) is 6.07 Å². The van der Waals surface area contributed by atoms with Crippen LogP contribution in [0, 0.1) is 11.7 Å². The number of halogens is 1. The van der Waals surface area contributed by atoms with Crippen molar-refractivity contribution in [2.24, 2.45) is 5.92 Å². The van der Waals surface area contributed by atoms with Crippen LogP contribution < -0.4 is 0 Å². The van der Waals surface area contributed by atoms with Gasteiger partial charge in [-0.15, -0.1) is 0 Å². The molecular formula is C25H26FN3O. The molecule has 0 N–H and O–H groups in total. The molecule has 1 aliphatic heterocycles. The fourth-order valence-corrected chi connectivity index (χ4v) is 4.08. The SMILES string of the molecule is CN1CCN(Cc2cccc(F)c2)CC(Cc2cccc(-c3cccnc3)c2)C1=O. The number of carbonyl (C=O) groups is 1. The standard InChI is InChI=1S/C25H26FN3O/c1-28-11-12-29(17-20-6-3-9-24(26)15-20)18-23(25(28)30)14-19-5-2-7-21(13-19)22-8-4-10-27-16-22/h2-10,13,15-16,23H,11-12,14,17-18H2,1H3. The lowest BCUT2D eigenvalue weighted by Gasteiger charge is -2.23. The van der Waals surface area contributed by atoms with E-state index in [-0.39, 0.29) is 17.6 Å². The van der Waals surface area contributed by atoms with Crippen LogP contribution >= 0.6 is 0 Å². The second-order valence-corrected chi connectivity index (χ2v) is 7.97. The summed E-state index contributed by atoms with van der Waals surface area (Å²) in [4.78, 5) is 21.3. The molecule has 1 aliphatic rings. The second-order valence-electron chi connectivity index (χ2n) is 7.97. The molecule has 1 unspecified atom stereocenters. The number of rotatable bonds is 5. The molecule has 0 bridgehead atoms. The Kier molecular flexibility index (Phi) is 6.19. The van der Waals surface area contributed by atoms with E-state index >= 15 is 0 Å². The number of pyridine rings is 1. The average molecular weight is 404 g/mol. The monoisotopic (exact) mass is 403 g/mol. The van der Waals surface area contributed by atoms with E-state index in [0.29, 0.717) is 26.1 Å². The lowest BCUT2D eigenvalue weighted by molar-refractivity contribution is -0.133. The third-order valence-corrected chi connectivity index (χ3v) is 5.65. The molecule has 0 aliphatic carbocycles. The summed E-state index contributed by atoms with van der Waals surface area (Å²) in [6, 6.07) is 19.0. The first-order valence-corrected chi connectivity index (χ1v) is 10.3. The number of benzene rings is 2. The van der Waals surface area contributed by atoms with Crippen LogP contribution in [0.5, 0.6) is 0 Å². The summed E-state index contributed by atoms with van der Waals surface area (Å²) < 4.78 is 13.6. The Morgan fingerprint density at radius 1 is 1.00 bits per heavy atom. The second kappa shape index (κ2) is 9.18. The first-order chi connectivity index (χ1) is 14.6. The van der Waals surface area contributed by atoms with Crippen LogP contribution in [0.1, 0.15) is 11.1 Å². The quantitative estimate of drug-likeness (QED) is 0.646. The summed E-state index contributed by atoms with van der Waals surface area (Å²) in [6.07, 6.45) is 4.29. The lowest BCUT2D eigenvalue weighted by Crippen LogP contribution is -2.34. The number of aromatic nitrogens is 1. The molecule has 4 rings (SSSR count). The van der Waals surface area contributed by atoms with Gasteiger partial charge in [0.2, 0.25) is 5.91 Å². The van der Waals surface area contributed by atoms with Gasteiger partial charge in [0, 0.05) is 45.6 Å². The third kappa shape index (κ3) is 4.92. The molecule has 1 saturated heterocycles. The zero-order valence-electron chi connectivity index (χ0n) is 17.2. The average Bonchev–Trinajstić information content (AvgIpc) is 2.89. The van der Waals surface area contributed by atoms with E-state index in [1.807, 2.05) is 42.4 Å². The van der Waals surface area contributed by atoms with E-state index < -0.39 is 0 Å². The number of carbonyl (C=O) groups excluding carboxylic acids is 1. The smallest absolute Gasteiger partial charge is 0.227 e. The molecule has 2 aromatic carbocycles. The minimum atomic E-state index is -0.223. The van der Waals surface area contributed by atoms with E-state index in [2.05, 4.69) is 28.1 Å². The Morgan fingerprint density at radius 2 is 1.80 bits per heavy atom. The Bertz CT molecular complexity index is 1010. The van der Waals surface area contributed by atoms with Gasteiger partial charge in [-0.1, -0.05) is 42.5 Å². The van der Waals surface area contributed by atoms with Crippen molar-refractivity contribution in [2.45, 2.75) is 13.0 Å². The third-order valence-electron chi connectivity index (χ3n) is 5.65. The molecular weight excluding hydrogens is 377 g/mol.